The standard InChI is InChI=1S/C18H21BrN2O2.ClH/c19-15-6-4-13-9-16(7-5-12(13)8-15)23-11-18(22)21-17-3-1-2-14(17)10-20;/h4-9,14,17H,1-3,10-11,20H2,(H,21,22);1H. The molecule has 0 spiro atoms. The van der Waals surface area contributed by atoms with Gasteiger partial charge in [0.2, 0.25) is 0 Å². The average Bonchev–Trinajstić information content (AvgIpc) is 3.00. The summed E-state index contributed by atoms with van der Waals surface area (Å²) in [7, 11) is 0. The van der Waals surface area contributed by atoms with Gasteiger partial charge in [-0.15, -0.1) is 12.4 Å². The van der Waals surface area contributed by atoms with E-state index in [9.17, 15) is 4.79 Å². The fraction of sp³-hybridized carbons (Fsp3) is 0.389. The Labute approximate surface area is 156 Å². The van der Waals surface area contributed by atoms with Gasteiger partial charge in [-0.05, 0) is 60.3 Å². The molecular weight excluding hydrogens is 392 g/mol. The molecule has 0 radical (unpaired) electrons. The molecule has 3 rings (SSSR count). The van der Waals surface area contributed by atoms with Gasteiger partial charge in [-0.25, -0.2) is 0 Å². The van der Waals surface area contributed by atoms with Gasteiger partial charge >= 0.3 is 0 Å². The van der Waals surface area contributed by atoms with Crippen molar-refractivity contribution in [1.29, 1.82) is 0 Å². The maximum atomic E-state index is 12.1. The number of carbonyl (C=O) groups is 1. The van der Waals surface area contributed by atoms with Gasteiger partial charge in [0.15, 0.2) is 6.61 Å². The molecular formula is C18H22BrClN2O2. The van der Waals surface area contributed by atoms with E-state index in [-0.39, 0.29) is 31.0 Å². The van der Waals surface area contributed by atoms with Crippen molar-refractivity contribution in [3.63, 3.8) is 0 Å². The molecule has 24 heavy (non-hydrogen) atoms. The smallest absolute Gasteiger partial charge is 0.258 e. The van der Waals surface area contributed by atoms with E-state index in [4.69, 9.17) is 10.5 Å². The first-order chi connectivity index (χ1) is 11.2. The number of hydrogen-bond donors (Lipinski definition) is 2. The number of amides is 1. The highest BCUT2D eigenvalue weighted by Gasteiger charge is 2.27. The molecule has 4 nitrogen and oxygen atoms in total. The molecule has 0 bridgehead atoms. The quantitative estimate of drug-likeness (QED) is 0.786. The van der Waals surface area contributed by atoms with Gasteiger partial charge in [0.05, 0.1) is 0 Å². The highest BCUT2D eigenvalue weighted by Crippen LogP contribution is 2.25. The number of nitrogens with two attached hydrogens (primary N) is 1. The number of hydrogen-bond acceptors (Lipinski definition) is 3. The van der Waals surface area contributed by atoms with Crippen LogP contribution >= 0.6 is 28.3 Å². The summed E-state index contributed by atoms with van der Waals surface area (Å²) >= 11 is 3.46. The van der Waals surface area contributed by atoms with E-state index in [0.29, 0.717) is 18.2 Å². The summed E-state index contributed by atoms with van der Waals surface area (Å²) in [4.78, 5) is 12.1. The third kappa shape index (κ3) is 4.62. The van der Waals surface area contributed by atoms with E-state index in [1.807, 2.05) is 30.3 Å². The maximum Gasteiger partial charge on any atom is 0.258 e. The second kappa shape index (κ2) is 8.70. The number of nitrogens with one attached hydrogen (secondary N) is 1. The normalized spacial score (nSPS) is 19.8. The van der Waals surface area contributed by atoms with Crippen molar-refractivity contribution in [1.82, 2.24) is 5.32 Å². The van der Waals surface area contributed by atoms with Crippen LogP contribution in [0, 0.1) is 5.92 Å². The van der Waals surface area contributed by atoms with E-state index in [0.717, 1.165) is 34.5 Å². The molecule has 3 N–H and O–H groups in total. The van der Waals surface area contributed by atoms with Crippen molar-refractivity contribution >= 4 is 45.0 Å². The highest BCUT2D eigenvalue weighted by molar-refractivity contribution is 9.10. The molecule has 2 unspecified atom stereocenters. The Morgan fingerprint density at radius 3 is 2.75 bits per heavy atom. The van der Waals surface area contributed by atoms with Crippen molar-refractivity contribution < 1.29 is 9.53 Å². The number of carbonyl (C=O) groups excluding carboxylic acids is 1. The fourth-order valence-corrected chi connectivity index (χ4v) is 3.57. The van der Waals surface area contributed by atoms with Crippen molar-refractivity contribution in [2.45, 2.75) is 25.3 Å². The minimum atomic E-state index is -0.0775. The summed E-state index contributed by atoms with van der Waals surface area (Å²) in [6, 6.07) is 12.1. The topological polar surface area (TPSA) is 64.3 Å². The first-order valence-corrected chi connectivity index (χ1v) is 8.76. The molecule has 1 fully saturated rings. The van der Waals surface area contributed by atoms with Crippen LogP contribution in [0.15, 0.2) is 40.9 Å². The molecule has 130 valence electrons. The molecule has 2 atom stereocenters. The molecule has 1 saturated carbocycles. The number of fused-ring (bicyclic) bond motifs is 1. The third-order valence-corrected chi connectivity index (χ3v) is 4.95. The Bertz CT molecular complexity index is 710. The van der Waals surface area contributed by atoms with E-state index in [1.54, 1.807) is 0 Å². The zero-order valence-electron chi connectivity index (χ0n) is 13.3. The number of benzene rings is 2. The lowest BCUT2D eigenvalue weighted by Crippen LogP contribution is -2.42. The van der Waals surface area contributed by atoms with Gasteiger partial charge in [0.25, 0.3) is 5.91 Å². The zero-order valence-corrected chi connectivity index (χ0v) is 15.7. The van der Waals surface area contributed by atoms with E-state index < -0.39 is 0 Å². The molecule has 0 aromatic heterocycles. The maximum absolute atomic E-state index is 12.1. The molecule has 1 amide bonds. The minimum Gasteiger partial charge on any atom is -0.484 e. The summed E-state index contributed by atoms with van der Waals surface area (Å²) in [5.74, 6) is 1.03. The Morgan fingerprint density at radius 1 is 1.21 bits per heavy atom. The first-order valence-electron chi connectivity index (χ1n) is 7.97. The largest absolute Gasteiger partial charge is 0.484 e. The lowest BCUT2D eigenvalue weighted by Gasteiger charge is -2.19. The second-order valence-electron chi connectivity index (χ2n) is 6.04. The number of halogens is 2. The summed E-state index contributed by atoms with van der Waals surface area (Å²) in [5, 5.41) is 5.27. The van der Waals surface area contributed by atoms with Crippen molar-refractivity contribution in [3.05, 3.63) is 40.9 Å². The minimum absolute atomic E-state index is 0. The van der Waals surface area contributed by atoms with Gasteiger partial charge in [-0.1, -0.05) is 34.5 Å². The molecule has 0 heterocycles. The first kappa shape index (κ1) is 19.0. The van der Waals surface area contributed by atoms with Crippen LogP contribution in [0.5, 0.6) is 5.75 Å². The van der Waals surface area contributed by atoms with Crippen LogP contribution in [0.4, 0.5) is 0 Å². The van der Waals surface area contributed by atoms with Gasteiger partial charge in [0, 0.05) is 10.5 Å². The number of rotatable bonds is 5. The van der Waals surface area contributed by atoms with Crippen LogP contribution < -0.4 is 15.8 Å². The molecule has 0 aliphatic heterocycles. The van der Waals surface area contributed by atoms with Gasteiger partial charge < -0.3 is 15.8 Å². The molecule has 1 aliphatic rings. The Morgan fingerprint density at radius 2 is 1.96 bits per heavy atom. The lowest BCUT2D eigenvalue weighted by atomic mass is 10.0. The number of ether oxygens (including phenoxy) is 1. The molecule has 2 aromatic carbocycles. The van der Waals surface area contributed by atoms with Crippen LogP contribution in [0.2, 0.25) is 0 Å². The lowest BCUT2D eigenvalue weighted by molar-refractivity contribution is -0.124. The Balaban J connectivity index is 0.00000208. The van der Waals surface area contributed by atoms with Crippen LogP contribution in [0.3, 0.4) is 0 Å². The summed E-state index contributed by atoms with van der Waals surface area (Å²) in [6.45, 7) is 0.669. The van der Waals surface area contributed by atoms with Crippen molar-refractivity contribution in [2.75, 3.05) is 13.2 Å². The Hall–Kier alpha value is -1.30. The average molecular weight is 414 g/mol. The van der Waals surface area contributed by atoms with Gasteiger partial charge in [-0.2, -0.15) is 0 Å². The van der Waals surface area contributed by atoms with Crippen LogP contribution in [0.25, 0.3) is 10.8 Å². The van der Waals surface area contributed by atoms with Crippen molar-refractivity contribution in [2.24, 2.45) is 11.7 Å². The summed E-state index contributed by atoms with van der Waals surface area (Å²) < 4.78 is 6.68. The van der Waals surface area contributed by atoms with Crippen LogP contribution in [0.1, 0.15) is 19.3 Å². The predicted molar refractivity (Wildman–Crippen MR) is 103 cm³/mol. The van der Waals surface area contributed by atoms with Gasteiger partial charge in [0.1, 0.15) is 5.75 Å². The molecule has 0 saturated heterocycles. The predicted octanol–water partition coefficient (Wildman–Crippen LogP) is 3.65. The van der Waals surface area contributed by atoms with Gasteiger partial charge in [-0.3, -0.25) is 4.79 Å². The fourth-order valence-electron chi connectivity index (χ4n) is 3.19. The monoisotopic (exact) mass is 412 g/mol. The highest BCUT2D eigenvalue weighted by atomic mass is 79.9. The van der Waals surface area contributed by atoms with E-state index in [2.05, 4.69) is 27.3 Å². The van der Waals surface area contributed by atoms with E-state index in [1.165, 1.54) is 0 Å². The third-order valence-electron chi connectivity index (χ3n) is 4.45. The Kier molecular flexibility index (Phi) is 6.90. The van der Waals surface area contributed by atoms with Crippen LogP contribution in [-0.2, 0) is 4.79 Å². The zero-order chi connectivity index (χ0) is 16.2. The molecule has 6 heteroatoms. The second-order valence-corrected chi connectivity index (χ2v) is 6.96. The summed E-state index contributed by atoms with van der Waals surface area (Å²) in [6.07, 6.45) is 3.24. The van der Waals surface area contributed by atoms with E-state index >= 15 is 0 Å². The molecule has 1 aliphatic carbocycles. The van der Waals surface area contributed by atoms with Crippen molar-refractivity contribution in [3.8, 4) is 5.75 Å². The summed E-state index contributed by atoms with van der Waals surface area (Å²) in [5.41, 5.74) is 5.74. The van der Waals surface area contributed by atoms with Crippen LogP contribution in [-0.4, -0.2) is 25.1 Å². The molecule has 2 aromatic rings. The SMILES string of the molecule is Cl.NCC1CCCC1NC(=O)COc1ccc2cc(Br)ccc2c1.